The predicted molar refractivity (Wildman–Crippen MR) is 44.9 cm³/mol. The first-order valence-electron chi connectivity index (χ1n) is 3.76. The zero-order valence-electron chi connectivity index (χ0n) is 6.88. The Morgan fingerprint density at radius 1 is 1.55 bits per heavy atom. The van der Waals surface area contributed by atoms with E-state index in [1.165, 1.54) is 0 Å². The Labute approximate surface area is 71.9 Å². The van der Waals surface area contributed by atoms with Gasteiger partial charge in [0.25, 0.3) is 0 Å². The number of nitrogens with zero attached hydrogens (tertiary/aromatic N) is 2. The minimum atomic E-state index is -0.329. The number of carbonyl (C=O) groups is 1. The van der Waals surface area contributed by atoms with E-state index < -0.39 is 0 Å². The highest BCUT2D eigenvalue weighted by atomic mass is 35.5. The quantitative estimate of drug-likeness (QED) is 0.406. The van der Waals surface area contributed by atoms with Gasteiger partial charge in [-0.3, -0.25) is 4.79 Å². The van der Waals surface area contributed by atoms with E-state index in [4.69, 9.17) is 11.6 Å². The lowest BCUT2D eigenvalue weighted by Crippen LogP contribution is -2.50. The van der Waals surface area contributed by atoms with Gasteiger partial charge in [0, 0.05) is 25.7 Å². The van der Waals surface area contributed by atoms with Crippen LogP contribution in [0.2, 0.25) is 0 Å². The fourth-order valence-electron chi connectivity index (χ4n) is 1.21. The zero-order chi connectivity index (χ0) is 8.43. The number of hydrogen-bond acceptors (Lipinski definition) is 2. The molecule has 0 aliphatic carbocycles. The minimum Gasteiger partial charge on any atom is -0.326 e. The molecule has 0 aromatic rings. The van der Waals surface area contributed by atoms with Gasteiger partial charge in [0.15, 0.2) is 0 Å². The van der Waals surface area contributed by atoms with Crippen molar-refractivity contribution < 1.29 is 4.79 Å². The van der Waals surface area contributed by atoms with Crippen LogP contribution in [-0.2, 0) is 0 Å². The molecule has 0 radical (unpaired) electrons. The molecule has 4 heteroatoms. The molecule has 0 N–H and O–H groups in total. The summed E-state index contributed by atoms with van der Waals surface area (Å²) in [7, 11) is 2.06. The third kappa shape index (κ3) is 2.07. The van der Waals surface area contributed by atoms with Crippen LogP contribution in [0.25, 0.3) is 0 Å². The van der Waals surface area contributed by atoms with Crippen molar-refractivity contribution >= 4 is 17.0 Å². The van der Waals surface area contributed by atoms with Crippen molar-refractivity contribution in [3.05, 3.63) is 0 Å². The summed E-state index contributed by atoms with van der Waals surface area (Å²) in [5.74, 6) is 0. The van der Waals surface area contributed by atoms with Crippen LogP contribution in [0.15, 0.2) is 0 Å². The first-order valence-corrected chi connectivity index (χ1v) is 4.13. The van der Waals surface area contributed by atoms with E-state index in [-0.39, 0.29) is 5.37 Å². The van der Waals surface area contributed by atoms with Gasteiger partial charge in [-0.05, 0) is 25.6 Å². The number of rotatable bonds is 0. The van der Waals surface area contributed by atoms with E-state index in [0.717, 1.165) is 19.6 Å². The van der Waals surface area contributed by atoms with Crippen LogP contribution in [0.1, 0.15) is 6.92 Å². The van der Waals surface area contributed by atoms with Crippen LogP contribution in [0.3, 0.4) is 0 Å². The molecule has 0 saturated carbocycles. The second kappa shape index (κ2) is 3.41. The highest BCUT2D eigenvalue weighted by Crippen LogP contribution is 2.08. The molecule has 1 fully saturated rings. The Morgan fingerprint density at radius 3 is 2.64 bits per heavy atom. The summed E-state index contributed by atoms with van der Waals surface area (Å²) in [6.45, 7) is 4.51. The first-order chi connectivity index (χ1) is 5.11. The lowest BCUT2D eigenvalue weighted by molar-refractivity contribution is 0.130. The molecule has 1 amide bonds. The molecule has 0 aromatic carbocycles. The molecule has 1 saturated heterocycles. The van der Waals surface area contributed by atoms with Gasteiger partial charge in [-0.15, -0.1) is 0 Å². The first kappa shape index (κ1) is 8.81. The van der Waals surface area contributed by atoms with Crippen LogP contribution < -0.4 is 0 Å². The fourth-order valence-corrected chi connectivity index (χ4v) is 1.36. The van der Waals surface area contributed by atoms with Gasteiger partial charge < -0.3 is 9.80 Å². The van der Waals surface area contributed by atoms with E-state index in [2.05, 4.69) is 18.9 Å². The maximum Gasteiger partial charge on any atom is 0.316 e. The second-order valence-electron chi connectivity index (χ2n) is 3.03. The number of carbonyl (C=O) groups excluding carboxylic acids is 1. The van der Waals surface area contributed by atoms with E-state index in [1.807, 2.05) is 0 Å². The largest absolute Gasteiger partial charge is 0.326 e. The molecule has 1 heterocycles. The van der Waals surface area contributed by atoms with Gasteiger partial charge in [-0.25, -0.2) is 0 Å². The van der Waals surface area contributed by atoms with Crippen LogP contribution in [-0.4, -0.2) is 47.9 Å². The Balaban J connectivity index is 2.46. The summed E-state index contributed by atoms with van der Waals surface area (Å²) < 4.78 is 0. The molecule has 1 aliphatic rings. The average molecular weight is 177 g/mol. The molecule has 0 bridgehead atoms. The van der Waals surface area contributed by atoms with Crippen LogP contribution in [0.5, 0.6) is 0 Å². The van der Waals surface area contributed by atoms with Crippen LogP contribution in [0.4, 0.5) is 4.79 Å². The van der Waals surface area contributed by atoms with Crippen molar-refractivity contribution in [2.24, 2.45) is 0 Å². The molecule has 1 atom stereocenters. The van der Waals surface area contributed by atoms with E-state index in [0.29, 0.717) is 6.04 Å². The van der Waals surface area contributed by atoms with Crippen LogP contribution in [0, 0.1) is 0 Å². The molecule has 0 aromatic heterocycles. The van der Waals surface area contributed by atoms with Gasteiger partial charge in [0.1, 0.15) is 0 Å². The SMILES string of the molecule is C[C@H]1CN(C(=O)Cl)CCN1C. The zero-order valence-corrected chi connectivity index (χ0v) is 7.64. The third-order valence-corrected chi connectivity index (χ3v) is 2.45. The number of piperazine rings is 1. The van der Waals surface area contributed by atoms with Crippen molar-refractivity contribution in [2.75, 3.05) is 26.7 Å². The van der Waals surface area contributed by atoms with Gasteiger partial charge in [-0.1, -0.05) is 0 Å². The molecule has 0 spiro atoms. The smallest absolute Gasteiger partial charge is 0.316 e. The van der Waals surface area contributed by atoms with Crippen molar-refractivity contribution in [3.8, 4) is 0 Å². The summed E-state index contributed by atoms with van der Waals surface area (Å²) in [6, 6.07) is 0.423. The average Bonchev–Trinajstić information content (AvgIpc) is 1.94. The third-order valence-electron chi connectivity index (χ3n) is 2.21. The topological polar surface area (TPSA) is 23.6 Å². The number of halogens is 1. The van der Waals surface area contributed by atoms with E-state index >= 15 is 0 Å². The van der Waals surface area contributed by atoms with Crippen LogP contribution >= 0.6 is 11.6 Å². The number of likely N-dealkylation sites (N-methyl/N-ethyl adjacent to an activating group) is 1. The lowest BCUT2D eigenvalue weighted by atomic mass is 10.2. The molecule has 1 rings (SSSR count). The monoisotopic (exact) mass is 176 g/mol. The van der Waals surface area contributed by atoms with Gasteiger partial charge in [0.2, 0.25) is 0 Å². The van der Waals surface area contributed by atoms with Crippen molar-refractivity contribution in [2.45, 2.75) is 13.0 Å². The number of amides is 1. The van der Waals surface area contributed by atoms with Crippen molar-refractivity contribution in [3.63, 3.8) is 0 Å². The molecule has 1 aliphatic heterocycles. The van der Waals surface area contributed by atoms with Gasteiger partial charge in [0.05, 0.1) is 0 Å². The lowest BCUT2D eigenvalue weighted by Gasteiger charge is -2.36. The molecule has 3 nitrogen and oxygen atoms in total. The van der Waals surface area contributed by atoms with Gasteiger partial charge in [-0.2, -0.15) is 0 Å². The Bertz CT molecular complexity index is 163. The normalized spacial score (nSPS) is 27.2. The maximum atomic E-state index is 10.7. The van der Waals surface area contributed by atoms with Gasteiger partial charge >= 0.3 is 5.37 Å². The molecular formula is C7H13ClN2O. The van der Waals surface area contributed by atoms with E-state index in [1.54, 1.807) is 4.90 Å². The predicted octanol–water partition coefficient (Wildman–Crippen LogP) is 0.981. The number of hydrogen-bond donors (Lipinski definition) is 0. The molecule has 0 unspecified atom stereocenters. The second-order valence-corrected chi connectivity index (χ2v) is 3.35. The Kier molecular flexibility index (Phi) is 2.73. The molecule has 11 heavy (non-hydrogen) atoms. The summed E-state index contributed by atoms with van der Waals surface area (Å²) in [5.41, 5.74) is 0. The Morgan fingerprint density at radius 2 is 2.18 bits per heavy atom. The molecular weight excluding hydrogens is 164 g/mol. The summed E-state index contributed by atoms with van der Waals surface area (Å²) in [4.78, 5) is 14.6. The van der Waals surface area contributed by atoms with Crippen molar-refractivity contribution in [1.29, 1.82) is 0 Å². The standard InChI is InChI=1S/C7H13ClN2O/c1-6-5-10(7(8)11)4-3-9(6)2/h6H,3-5H2,1-2H3/t6-/m0/s1. The minimum absolute atomic E-state index is 0.329. The maximum absolute atomic E-state index is 10.7. The highest BCUT2D eigenvalue weighted by molar-refractivity contribution is 6.62. The summed E-state index contributed by atoms with van der Waals surface area (Å²) >= 11 is 5.34. The summed E-state index contributed by atoms with van der Waals surface area (Å²) in [5, 5.41) is -0.329. The van der Waals surface area contributed by atoms with E-state index in [9.17, 15) is 4.79 Å². The fraction of sp³-hybridized carbons (Fsp3) is 0.857. The summed E-state index contributed by atoms with van der Waals surface area (Å²) in [6.07, 6.45) is 0. The molecule has 64 valence electrons. The van der Waals surface area contributed by atoms with Crippen molar-refractivity contribution in [1.82, 2.24) is 9.80 Å². The highest BCUT2D eigenvalue weighted by Gasteiger charge is 2.22. The Hall–Kier alpha value is -0.280.